The maximum atomic E-state index is 12.2. The summed E-state index contributed by atoms with van der Waals surface area (Å²) < 4.78 is 36.3. The Morgan fingerprint density at radius 1 is 1.07 bits per heavy atom. The Balaban J connectivity index is 1.83. The minimum atomic E-state index is -3.42. The minimum absolute atomic E-state index is 0.103. The van der Waals surface area contributed by atoms with Gasteiger partial charge in [0.15, 0.2) is 11.5 Å². The number of para-hydroxylation sites is 1. The van der Waals surface area contributed by atoms with Gasteiger partial charge < -0.3 is 14.8 Å². The molecule has 1 amide bonds. The molecule has 0 heterocycles. The third kappa shape index (κ3) is 6.66. The van der Waals surface area contributed by atoms with E-state index in [4.69, 9.17) is 9.47 Å². The lowest BCUT2D eigenvalue weighted by Crippen LogP contribution is -2.33. The summed E-state index contributed by atoms with van der Waals surface area (Å²) in [7, 11) is -0.256. The standard InChI is InChI=1S/C22H30N2O5S/c1-17-8-5-6-9-19(17)24(30(4,26)27)15-7-10-22(25)23-14-13-18-11-12-20(28-2)21(16-18)29-3/h5-6,8-9,11-12,16H,7,10,13-15H2,1-4H3,(H,23,25). The minimum Gasteiger partial charge on any atom is -0.493 e. The van der Waals surface area contributed by atoms with Crippen molar-refractivity contribution in [2.45, 2.75) is 26.2 Å². The van der Waals surface area contributed by atoms with E-state index in [9.17, 15) is 13.2 Å². The van der Waals surface area contributed by atoms with Gasteiger partial charge in [-0.15, -0.1) is 0 Å². The highest BCUT2D eigenvalue weighted by atomic mass is 32.2. The molecule has 0 unspecified atom stereocenters. The lowest BCUT2D eigenvalue weighted by molar-refractivity contribution is -0.121. The number of benzene rings is 2. The van der Waals surface area contributed by atoms with Crippen molar-refractivity contribution in [1.29, 1.82) is 0 Å². The van der Waals surface area contributed by atoms with Gasteiger partial charge in [-0.1, -0.05) is 24.3 Å². The van der Waals surface area contributed by atoms with Gasteiger partial charge in [0.1, 0.15) is 0 Å². The van der Waals surface area contributed by atoms with Crippen molar-refractivity contribution in [3.8, 4) is 11.5 Å². The molecule has 0 radical (unpaired) electrons. The van der Waals surface area contributed by atoms with Gasteiger partial charge >= 0.3 is 0 Å². The molecule has 0 saturated heterocycles. The van der Waals surface area contributed by atoms with E-state index in [2.05, 4.69) is 5.32 Å². The smallest absolute Gasteiger partial charge is 0.232 e. The van der Waals surface area contributed by atoms with E-state index < -0.39 is 10.0 Å². The first-order valence-corrected chi connectivity index (χ1v) is 11.6. The zero-order valence-corrected chi connectivity index (χ0v) is 18.8. The summed E-state index contributed by atoms with van der Waals surface area (Å²) >= 11 is 0. The fraction of sp³-hybridized carbons (Fsp3) is 0.409. The van der Waals surface area contributed by atoms with Crippen LogP contribution in [0.5, 0.6) is 11.5 Å². The second-order valence-electron chi connectivity index (χ2n) is 7.01. The summed E-state index contributed by atoms with van der Waals surface area (Å²) in [5.41, 5.74) is 2.55. The quantitative estimate of drug-likeness (QED) is 0.588. The molecule has 0 saturated carbocycles. The van der Waals surface area contributed by atoms with Gasteiger partial charge in [0.2, 0.25) is 15.9 Å². The Hall–Kier alpha value is -2.74. The van der Waals surface area contributed by atoms with Crippen LogP contribution >= 0.6 is 0 Å². The van der Waals surface area contributed by atoms with Crippen LogP contribution < -0.4 is 19.1 Å². The van der Waals surface area contributed by atoms with Gasteiger partial charge in [-0.2, -0.15) is 0 Å². The topological polar surface area (TPSA) is 84.9 Å². The zero-order valence-electron chi connectivity index (χ0n) is 18.0. The number of methoxy groups -OCH3 is 2. The Bertz CT molecular complexity index is 960. The molecule has 0 spiro atoms. The summed E-state index contributed by atoms with van der Waals surface area (Å²) in [5.74, 6) is 1.21. The van der Waals surface area contributed by atoms with Crippen LogP contribution in [0.3, 0.4) is 0 Å². The molecule has 0 bridgehead atoms. The molecule has 30 heavy (non-hydrogen) atoms. The Labute approximate surface area is 179 Å². The van der Waals surface area contributed by atoms with Crippen molar-refractivity contribution >= 4 is 21.6 Å². The normalized spacial score (nSPS) is 11.1. The molecule has 7 nitrogen and oxygen atoms in total. The number of carbonyl (C=O) groups is 1. The van der Waals surface area contributed by atoms with Crippen LogP contribution in [0.4, 0.5) is 5.69 Å². The van der Waals surface area contributed by atoms with Crippen LogP contribution in [0.2, 0.25) is 0 Å². The number of nitrogens with one attached hydrogen (secondary N) is 1. The number of hydrogen-bond acceptors (Lipinski definition) is 5. The number of sulfonamides is 1. The molecule has 0 aliphatic heterocycles. The molecule has 2 rings (SSSR count). The van der Waals surface area contributed by atoms with Crippen molar-refractivity contribution < 1.29 is 22.7 Å². The second-order valence-corrected chi connectivity index (χ2v) is 8.92. The molecule has 0 aromatic heterocycles. The highest BCUT2D eigenvalue weighted by Gasteiger charge is 2.19. The highest BCUT2D eigenvalue weighted by molar-refractivity contribution is 7.92. The molecular weight excluding hydrogens is 404 g/mol. The SMILES string of the molecule is COc1ccc(CCNC(=O)CCCN(c2ccccc2C)S(C)(=O)=O)cc1OC. The lowest BCUT2D eigenvalue weighted by Gasteiger charge is -2.24. The van der Waals surface area contributed by atoms with Crippen LogP contribution in [0.15, 0.2) is 42.5 Å². The molecule has 2 aromatic rings. The molecule has 0 aliphatic rings. The van der Waals surface area contributed by atoms with Crippen LogP contribution in [0, 0.1) is 6.92 Å². The highest BCUT2D eigenvalue weighted by Crippen LogP contribution is 2.27. The summed E-state index contributed by atoms with van der Waals surface area (Å²) in [6, 6.07) is 13.0. The zero-order chi connectivity index (χ0) is 22.1. The number of carbonyl (C=O) groups excluding carboxylic acids is 1. The fourth-order valence-corrected chi connectivity index (χ4v) is 4.19. The van der Waals surface area contributed by atoms with Gasteiger partial charge in [-0.05, 0) is 49.1 Å². The average molecular weight is 435 g/mol. The van der Waals surface area contributed by atoms with Crippen molar-refractivity contribution in [3.63, 3.8) is 0 Å². The van der Waals surface area contributed by atoms with Crippen LogP contribution in [-0.2, 0) is 21.2 Å². The lowest BCUT2D eigenvalue weighted by atomic mass is 10.1. The first-order valence-electron chi connectivity index (χ1n) is 9.77. The van der Waals surface area contributed by atoms with E-state index in [1.165, 1.54) is 10.6 Å². The molecule has 2 aromatic carbocycles. The number of rotatable bonds is 11. The summed E-state index contributed by atoms with van der Waals surface area (Å²) in [4.78, 5) is 12.2. The first kappa shape index (κ1) is 23.5. The molecule has 0 atom stereocenters. The Morgan fingerprint density at radius 3 is 2.40 bits per heavy atom. The van der Waals surface area contributed by atoms with Crippen molar-refractivity contribution in [2.24, 2.45) is 0 Å². The maximum Gasteiger partial charge on any atom is 0.232 e. The molecular formula is C22H30N2O5S. The monoisotopic (exact) mass is 434 g/mol. The Morgan fingerprint density at radius 2 is 1.77 bits per heavy atom. The van der Waals surface area contributed by atoms with Gasteiger partial charge in [-0.3, -0.25) is 9.10 Å². The number of nitrogens with zero attached hydrogens (tertiary/aromatic N) is 1. The molecule has 0 aliphatic carbocycles. The average Bonchev–Trinajstić information content (AvgIpc) is 2.71. The second kappa shape index (κ2) is 10.9. The predicted octanol–water partition coefficient (Wildman–Crippen LogP) is 2.92. The fourth-order valence-electron chi connectivity index (χ4n) is 3.16. The third-order valence-electron chi connectivity index (χ3n) is 4.73. The Kier molecular flexibility index (Phi) is 8.53. The summed E-state index contributed by atoms with van der Waals surface area (Å²) in [6.07, 6.45) is 2.53. The first-order chi connectivity index (χ1) is 14.3. The van der Waals surface area contributed by atoms with Crippen LogP contribution in [0.25, 0.3) is 0 Å². The van der Waals surface area contributed by atoms with Crippen LogP contribution in [-0.4, -0.2) is 47.9 Å². The van der Waals surface area contributed by atoms with Crippen molar-refractivity contribution in [1.82, 2.24) is 5.32 Å². The van der Waals surface area contributed by atoms with Crippen molar-refractivity contribution in [3.05, 3.63) is 53.6 Å². The molecule has 1 N–H and O–H groups in total. The number of ether oxygens (including phenoxy) is 2. The van der Waals surface area contributed by atoms with Gasteiger partial charge in [-0.25, -0.2) is 8.42 Å². The third-order valence-corrected chi connectivity index (χ3v) is 5.91. The number of amides is 1. The van der Waals surface area contributed by atoms with Gasteiger partial charge in [0.25, 0.3) is 0 Å². The molecule has 8 heteroatoms. The van der Waals surface area contributed by atoms with E-state index >= 15 is 0 Å². The van der Waals surface area contributed by atoms with E-state index in [-0.39, 0.29) is 18.9 Å². The number of anilines is 1. The van der Waals surface area contributed by atoms with E-state index in [0.29, 0.717) is 36.6 Å². The number of aryl methyl sites for hydroxylation is 1. The largest absolute Gasteiger partial charge is 0.493 e. The van der Waals surface area contributed by atoms with E-state index in [0.717, 1.165) is 11.1 Å². The summed E-state index contributed by atoms with van der Waals surface area (Å²) in [5, 5.41) is 2.88. The molecule has 0 fully saturated rings. The van der Waals surface area contributed by atoms with E-state index in [1.54, 1.807) is 26.4 Å². The van der Waals surface area contributed by atoms with Gasteiger partial charge in [0, 0.05) is 19.5 Å². The van der Waals surface area contributed by atoms with Crippen molar-refractivity contribution in [2.75, 3.05) is 37.9 Å². The number of hydrogen-bond donors (Lipinski definition) is 1. The van der Waals surface area contributed by atoms with Gasteiger partial charge in [0.05, 0.1) is 26.2 Å². The van der Waals surface area contributed by atoms with Crippen LogP contribution in [0.1, 0.15) is 24.0 Å². The predicted molar refractivity (Wildman–Crippen MR) is 119 cm³/mol. The van der Waals surface area contributed by atoms with E-state index in [1.807, 2.05) is 37.3 Å². The maximum absolute atomic E-state index is 12.2. The molecule has 164 valence electrons. The summed E-state index contributed by atoms with van der Waals surface area (Å²) in [6.45, 7) is 2.61.